The molecular weight excluding hydrogens is 386 g/mol. The van der Waals surface area contributed by atoms with Gasteiger partial charge in [-0.1, -0.05) is 33.6 Å². The van der Waals surface area contributed by atoms with E-state index in [0.29, 0.717) is 11.4 Å². The van der Waals surface area contributed by atoms with E-state index in [-0.39, 0.29) is 12.3 Å². The van der Waals surface area contributed by atoms with Gasteiger partial charge in [-0.3, -0.25) is 9.59 Å². The molecule has 2 aromatic rings. The number of esters is 1. The third kappa shape index (κ3) is 5.60. The Balaban J connectivity index is 1.94. The Morgan fingerprint density at radius 1 is 1.16 bits per heavy atom. The fourth-order valence-corrected chi connectivity index (χ4v) is 2.53. The molecular formula is C19H20BrNO4. The number of benzene rings is 2. The SMILES string of the molecule is COc1ccc(C)cc1CC(=O)O[C@@H](C)C(=O)Nc1ccc(Br)cc1. The quantitative estimate of drug-likeness (QED) is 0.740. The number of hydrogen-bond acceptors (Lipinski definition) is 4. The summed E-state index contributed by atoms with van der Waals surface area (Å²) in [6.45, 7) is 3.47. The number of hydrogen-bond donors (Lipinski definition) is 1. The Morgan fingerprint density at radius 3 is 2.48 bits per heavy atom. The molecule has 6 heteroatoms. The highest BCUT2D eigenvalue weighted by Crippen LogP contribution is 2.21. The van der Waals surface area contributed by atoms with Gasteiger partial charge in [-0.05, 0) is 44.2 Å². The molecule has 1 atom stereocenters. The molecule has 0 saturated heterocycles. The minimum Gasteiger partial charge on any atom is -0.496 e. The van der Waals surface area contributed by atoms with E-state index < -0.39 is 12.1 Å². The Hall–Kier alpha value is -2.34. The third-order valence-corrected chi connectivity index (χ3v) is 4.09. The maximum Gasteiger partial charge on any atom is 0.311 e. The van der Waals surface area contributed by atoms with Gasteiger partial charge in [0.2, 0.25) is 0 Å². The summed E-state index contributed by atoms with van der Waals surface area (Å²) in [6.07, 6.45) is -0.854. The molecule has 0 spiro atoms. The topological polar surface area (TPSA) is 64.6 Å². The van der Waals surface area contributed by atoms with Crippen LogP contribution in [0.15, 0.2) is 46.9 Å². The zero-order chi connectivity index (χ0) is 18.4. The Labute approximate surface area is 155 Å². The van der Waals surface area contributed by atoms with Crippen LogP contribution < -0.4 is 10.1 Å². The van der Waals surface area contributed by atoms with Crippen LogP contribution >= 0.6 is 15.9 Å². The molecule has 0 aliphatic heterocycles. The van der Waals surface area contributed by atoms with E-state index >= 15 is 0 Å². The van der Waals surface area contributed by atoms with Gasteiger partial charge in [-0.25, -0.2) is 0 Å². The van der Waals surface area contributed by atoms with Crippen LogP contribution in [0.1, 0.15) is 18.1 Å². The summed E-state index contributed by atoms with van der Waals surface area (Å²) < 4.78 is 11.4. The van der Waals surface area contributed by atoms with Crippen LogP contribution in [0.25, 0.3) is 0 Å². The number of halogens is 1. The first-order valence-electron chi connectivity index (χ1n) is 7.78. The van der Waals surface area contributed by atoms with Crippen molar-refractivity contribution >= 4 is 33.5 Å². The number of carbonyl (C=O) groups excluding carboxylic acids is 2. The summed E-state index contributed by atoms with van der Waals surface area (Å²) in [6, 6.07) is 12.7. The largest absolute Gasteiger partial charge is 0.496 e. The average molecular weight is 406 g/mol. The van der Waals surface area contributed by atoms with Crippen molar-refractivity contribution in [3.8, 4) is 5.75 Å². The van der Waals surface area contributed by atoms with Crippen molar-refractivity contribution in [1.82, 2.24) is 0 Å². The van der Waals surface area contributed by atoms with Gasteiger partial charge >= 0.3 is 5.97 Å². The van der Waals surface area contributed by atoms with Crippen molar-refractivity contribution in [3.63, 3.8) is 0 Å². The molecule has 2 rings (SSSR count). The molecule has 0 heterocycles. The zero-order valence-electron chi connectivity index (χ0n) is 14.3. The average Bonchev–Trinajstić information content (AvgIpc) is 2.57. The molecule has 0 bridgehead atoms. The monoisotopic (exact) mass is 405 g/mol. The molecule has 0 unspecified atom stereocenters. The highest BCUT2D eigenvalue weighted by molar-refractivity contribution is 9.10. The van der Waals surface area contributed by atoms with E-state index in [9.17, 15) is 9.59 Å². The Morgan fingerprint density at radius 2 is 1.84 bits per heavy atom. The van der Waals surface area contributed by atoms with Gasteiger partial charge < -0.3 is 14.8 Å². The summed E-state index contributed by atoms with van der Waals surface area (Å²) in [5.41, 5.74) is 2.38. The van der Waals surface area contributed by atoms with E-state index in [4.69, 9.17) is 9.47 Å². The molecule has 0 saturated carbocycles. The summed E-state index contributed by atoms with van der Waals surface area (Å²) in [5, 5.41) is 2.71. The van der Waals surface area contributed by atoms with Gasteiger partial charge in [0.05, 0.1) is 13.5 Å². The lowest BCUT2D eigenvalue weighted by molar-refractivity contribution is -0.152. The van der Waals surface area contributed by atoms with E-state index in [2.05, 4.69) is 21.2 Å². The van der Waals surface area contributed by atoms with Gasteiger partial charge in [-0.2, -0.15) is 0 Å². The van der Waals surface area contributed by atoms with E-state index in [0.717, 1.165) is 15.6 Å². The number of aryl methyl sites for hydroxylation is 1. The summed E-state index contributed by atoms with van der Waals surface area (Å²) in [4.78, 5) is 24.3. The maximum absolute atomic E-state index is 12.1. The number of rotatable bonds is 6. The standard InChI is InChI=1S/C19H20BrNO4/c1-12-4-9-17(24-3)14(10-12)11-18(22)25-13(2)19(23)21-16-7-5-15(20)6-8-16/h4-10,13H,11H2,1-3H3,(H,21,23)/t13-/m0/s1. The molecule has 1 N–H and O–H groups in total. The molecule has 5 nitrogen and oxygen atoms in total. The van der Waals surface area contributed by atoms with Crippen LogP contribution in [0.4, 0.5) is 5.69 Å². The molecule has 25 heavy (non-hydrogen) atoms. The van der Waals surface area contributed by atoms with Crippen LogP contribution in [-0.2, 0) is 20.7 Å². The number of ether oxygens (including phenoxy) is 2. The van der Waals surface area contributed by atoms with Crippen LogP contribution in [0, 0.1) is 6.92 Å². The molecule has 0 aromatic heterocycles. The highest BCUT2D eigenvalue weighted by Gasteiger charge is 2.19. The zero-order valence-corrected chi connectivity index (χ0v) is 15.9. The molecule has 0 aliphatic rings. The molecule has 0 fully saturated rings. The van der Waals surface area contributed by atoms with Crippen molar-refractivity contribution in [2.75, 3.05) is 12.4 Å². The lowest BCUT2D eigenvalue weighted by Crippen LogP contribution is -2.30. The highest BCUT2D eigenvalue weighted by atomic mass is 79.9. The van der Waals surface area contributed by atoms with Crippen LogP contribution in [0.2, 0.25) is 0 Å². The van der Waals surface area contributed by atoms with Crippen molar-refractivity contribution in [2.45, 2.75) is 26.4 Å². The normalized spacial score (nSPS) is 11.5. The summed E-state index contributed by atoms with van der Waals surface area (Å²) in [7, 11) is 1.55. The molecule has 0 aliphatic carbocycles. The lowest BCUT2D eigenvalue weighted by atomic mass is 10.1. The Kier molecular flexibility index (Phi) is 6.58. The second-order valence-electron chi connectivity index (χ2n) is 5.62. The fourth-order valence-electron chi connectivity index (χ4n) is 2.27. The first kappa shape index (κ1) is 19.0. The van der Waals surface area contributed by atoms with E-state index in [1.165, 1.54) is 0 Å². The minimum atomic E-state index is -0.896. The number of methoxy groups -OCH3 is 1. The number of anilines is 1. The smallest absolute Gasteiger partial charge is 0.311 e. The predicted octanol–water partition coefficient (Wildman–Crippen LogP) is 3.88. The van der Waals surface area contributed by atoms with Crippen molar-refractivity contribution in [1.29, 1.82) is 0 Å². The Bertz CT molecular complexity index is 759. The van der Waals surface area contributed by atoms with Gasteiger partial charge in [0.25, 0.3) is 5.91 Å². The second kappa shape index (κ2) is 8.67. The van der Waals surface area contributed by atoms with Crippen LogP contribution in [0.5, 0.6) is 5.75 Å². The molecule has 1 amide bonds. The van der Waals surface area contributed by atoms with Gasteiger partial charge in [0, 0.05) is 15.7 Å². The van der Waals surface area contributed by atoms with Crippen LogP contribution in [0.3, 0.4) is 0 Å². The van der Waals surface area contributed by atoms with Crippen LogP contribution in [-0.4, -0.2) is 25.1 Å². The van der Waals surface area contributed by atoms with Crippen molar-refractivity contribution in [3.05, 3.63) is 58.1 Å². The van der Waals surface area contributed by atoms with Crippen molar-refractivity contribution < 1.29 is 19.1 Å². The van der Waals surface area contributed by atoms with Crippen molar-refractivity contribution in [2.24, 2.45) is 0 Å². The predicted molar refractivity (Wildman–Crippen MR) is 99.8 cm³/mol. The molecule has 2 aromatic carbocycles. The number of nitrogens with one attached hydrogen (secondary N) is 1. The minimum absolute atomic E-state index is 0.0424. The molecule has 0 radical (unpaired) electrons. The first-order valence-corrected chi connectivity index (χ1v) is 8.57. The van der Waals surface area contributed by atoms with E-state index in [1.807, 2.05) is 37.3 Å². The first-order chi connectivity index (χ1) is 11.9. The maximum atomic E-state index is 12.1. The fraction of sp³-hybridized carbons (Fsp3) is 0.263. The second-order valence-corrected chi connectivity index (χ2v) is 6.54. The molecule has 132 valence electrons. The number of carbonyl (C=O) groups is 2. The van der Waals surface area contributed by atoms with Gasteiger partial charge in [-0.15, -0.1) is 0 Å². The van der Waals surface area contributed by atoms with E-state index in [1.54, 1.807) is 26.2 Å². The van der Waals surface area contributed by atoms with Gasteiger partial charge in [0.1, 0.15) is 5.75 Å². The summed E-state index contributed by atoms with van der Waals surface area (Å²) >= 11 is 3.33. The lowest BCUT2D eigenvalue weighted by Gasteiger charge is -2.14. The third-order valence-electron chi connectivity index (χ3n) is 3.56. The number of amides is 1. The summed E-state index contributed by atoms with van der Waals surface area (Å²) in [5.74, 6) is -0.247. The van der Waals surface area contributed by atoms with Gasteiger partial charge in [0.15, 0.2) is 6.10 Å².